The molecule has 1 aromatic rings. The Kier molecular flexibility index (Phi) is 5.50. The van der Waals surface area contributed by atoms with Crippen LogP contribution < -0.4 is 15.8 Å². The monoisotopic (exact) mass is 284 g/mol. The first-order chi connectivity index (χ1) is 8.88. The summed E-state index contributed by atoms with van der Waals surface area (Å²) in [6.45, 7) is 1.87. The second kappa shape index (κ2) is 6.68. The highest BCUT2D eigenvalue weighted by Crippen LogP contribution is 2.18. The summed E-state index contributed by atoms with van der Waals surface area (Å²) in [5.74, 6) is 0.793. The Morgan fingerprint density at radius 3 is 2.79 bits per heavy atom. The summed E-state index contributed by atoms with van der Waals surface area (Å²) in [6.07, 6.45) is 1.90. The third-order valence-electron chi connectivity index (χ3n) is 2.51. The van der Waals surface area contributed by atoms with Crippen molar-refractivity contribution in [1.82, 2.24) is 5.32 Å². The van der Waals surface area contributed by atoms with E-state index in [0.717, 1.165) is 0 Å². The number of nitrogen functional groups attached to an aromatic ring is 1. The number of nitrogens with one attached hydrogen (secondary N) is 1. The Morgan fingerprint density at radius 2 is 2.21 bits per heavy atom. The van der Waals surface area contributed by atoms with Gasteiger partial charge in [-0.2, -0.15) is 11.8 Å². The molecule has 0 spiro atoms. The van der Waals surface area contributed by atoms with Crippen molar-refractivity contribution in [2.24, 2.45) is 0 Å². The number of methoxy groups -OCH3 is 1. The Balaban J connectivity index is 2.71. The lowest BCUT2D eigenvalue weighted by molar-refractivity contribution is 0.0725. The van der Waals surface area contributed by atoms with E-state index in [1.807, 2.05) is 6.26 Å². The maximum Gasteiger partial charge on any atom is 0.251 e. The van der Waals surface area contributed by atoms with E-state index in [1.165, 1.54) is 18.9 Å². The van der Waals surface area contributed by atoms with Gasteiger partial charge in [-0.3, -0.25) is 4.79 Å². The minimum absolute atomic E-state index is 0.184. The van der Waals surface area contributed by atoms with Crippen LogP contribution in [0.2, 0.25) is 0 Å². The molecule has 0 saturated carbocycles. The van der Waals surface area contributed by atoms with E-state index in [0.29, 0.717) is 22.8 Å². The largest absolute Gasteiger partial charge is 0.497 e. The number of carbonyl (C=O) groups excluding carboxylic acids is 1. The molecule has 5 nitrogen and oxygen atoms in total. The quantitative estimate of drug-likeness (QED) is 0.682. The van der Waals surface area contributed by atoms with Gasteiger partial charge in [0.15, 0.2) is 0 Å². The standard InChI is InChI=1S/C13H20N2O3S/c1-13(17,8-19-3)7-15-12(16)9-4-10(14)6-11(5-9)18-2/h4-6,17H,7-8,14H2,1-3H3,(H,15,16). The molecule has 0 aliphatic heterocycles. The van der Waals surface area contributed by atoms with E-state index in [4.69, 9.17) is 10.5 Å². The van der Waals surface area contributed by atoms with Crippen LogP contribution in [0.5, 0.6) is 5.75 Å². The summed E-state index contributed by atoms with van der Waals surface area (Å²) in [7, 11) is 1.51. The lowest BCUT2D eigenvalue weighted by atomic mass is 10.1. The number of aliphatic hydroxyl groups is 1. The first-order valence-corrected chi connectivity index (χ1v) is 7.21. The van der Waals surface area contributed by atoms with Gasteiger partial charge in [-0.25, -0.2) is 0 Å². The Hall–Kier alpha value is -1.40. The zero-order valence-electron chi connectivity index (χ0n) is 11.4. The maximum absolute atomic E-state index is 12.0. The van der Waals surface area contributed by atoms with Gasteiger partial charge in [-0.1, -0.05) is 0 Å². The molecule has 0 fully saturated rings. The number of carbonyl (C=O) groups is 1. The van der Waals surface area contributed by atoms with Gasteiger partial charge in [0.1, 0.15) is 5.75 Å². The molecular weight excluding hydrogens is 264 g/mol. The van der Waals surface area contributed by atoms with E-state index in [1.54, 1.807) is 25.1 Å². The van der Waals surface area contributed by atoms with E-state index < -0.39 is 5.60 Å². The third-order valence-corrected chi connectivity index (χ3v) is 3.42. The molecule has 0 saturated heterocycles. The van der Waals surface area contributed by atoms with Crippen LogP contribution in [-0.4, -0.2) is 42.3 Å². The van der Waals surface area contributed by atoms with Crippen molar-refractivity contribution in [1.29, 1.82) is 0 Å². The topological polar surface area (TPSA) is 84.6 Å². The highest BCUT2D eigenvalue weighted by Gasteiger charge is 2.21. The van der Waals surface area contributed by atoms with E-state index in [2.05, 4.69) is 5.32 Å². The summed E-state index contributed by atoms with van der Waals surface area (Å²) < 4.78 is 5.06. The molecule has 1 atom stereocenters. The predicted octanol–water partition coefficient (Wildman–Crippen LogP) is 1.12. The number of benzene rings is 1. The average Bonchev–Trinajstić information content (AvgIpc) is 2.35. The van der Waals surface area contributed by atoms with Crippen LogP contribution in [0.4, 0.5) is 5.69 Å². The summed E-state index contributed by atoms with van der Waals surface area (Å²) in [4.78, 5) is 12.0. The zero-order valence-corrected chi connectivity index (χ0v) is 12.2. The molecule has 1 rings (SSSR count). The van der Waals surface area contributed by atoms with Crippen LogP contribution in [0.25, 0.3) is 0 Å². The van der Waals surface area contributed by atoms with Crippen molar-refractivity contribution in [2.75, 3.05) is 31.4 Å². The summed E-state index contributed by atoms with van der Waals surface area (Å²) in [5, 5.41) is 12.7. The van der Waals surface area contributed by atoms with Crippen molar-refractivity contribution in [2.45, 2.75) is 12.5 Å². The van der Waals surface area contributed by atoms with Crippen LogP contribution in [0.3, 0.4) is 0 Å². The lowest BCUT2D eigenvalue weighted by Crippen LogP contribution is -2.42. The Morgan fingerprint density at radius 1 is 1.53 bits per heavy atom. The molecule has 0 aromatic heterocycles. The molecular formula is C13H20N2O3S. The van der Waals surface area contributed by atoms with E-state index >= 15 is 0 Å². The third kappa shape index (κ3) is 5.00. The number of anilines is 1. The van der Waals surface area contributed by atoms with E-state index in [-0.39, 0.29) is 12.5 Å². The minimum atomic E-state index is -0.931. The number of nitrogens with two attached hydrogens (primary N) is 1. The second-order valence-electron chi connectivity index (χ2n) is 4.61. The summed E-state index contributed by atoms with van der Waals surface area (Å²) in [5.41, 5.74) is 5.63. The molecule has 1 amide bonds. The highest BCUT2D eigenvalue weighted by atomic mass is 32.2. The van der Waals surface area contributed by atoms with Crippen LogP contribution in [0.1, 0.15) is 17.3 Å². The molecule has 0 heterocycles. The van der Waals surface area contributed by atoms with Gasteiger partial charge in [0, 0.05) is 29.6 Å². The zero-order chi connectivity index (χ0) is 14.5. The fourth-order valence-corrected chi connectivity index (χ4v) is 2.33. The number of rotatable bonds is 6. The first-order valence-electron chi connectivity index (χ1n) is 5.82. The number of thioether (sulfide) groups is 1. The Labute approximate surface area is 117 Å². The second-order valence-corrected chi connectivity index (χ2v) is 5.47. The summed E-state index contributed by atoms with van der Waals surface area (Å²) >= 11 is 1.52. The van der Waals surface area contributed by atoms with Gasteiger partial charge >= 0.3 is 0 Å². The lowest BCUT2D eigenvalue weighted by Gasteiger charge is -2.22. The SMILES string of the molecule is COc1cc(N)cc(C(=O)NCC(C)(O)CSC)c1. The molecule has 106 valence electrons. The first kappa shape index (κ1) is 15.7. The molecule has 0 radical (unpaired) electrons. The van der Waals surface area contributed by atoms with Crippen LogP contribution in [0, 0.1) is 0 Å². The molecule has 0 aliphatic carbocycles. The van der Waals surface area contributed by atoms with Crippen LogP contribution >= 0.6 is 11.8 Å². The van der Waals surface area contributed by atoms with Gasteiger partial charge in [0.2, 0.25) is 0 Å². The van der Waals surface area contributed by atoms with Crippen LogP contribution in [-0.2, 0) is 0 Å². The van der Waals surface area contributed by atoms with Gasteiger partial charge in [0.25, 0.3) is 5.91 Å². The van der Waals surface area contributed by atoms with Gasteiger partial charge in [0.05, 0.1) is 12.7 Å². The minimum Gasteiger partial charge on any atom is -0.497 e. The number of ether oxygens (including phenoxy) is 1. The smallest absolute Gasteiger partial charge is 0.251 e. The van der Waals surface area contributed by atoms with Crippen molar-refractivity contribution < 1.29 is 14.6 Å². The molecule has 0 aliphatic rings. The summed E-state index contributed by atoms with van der Waals surface area (Å²) in [6, 6.07) is 4.82. The number of hydrogen-bond donors (Lipinski definition) is 3. The van der Waals surface area contributed by atoms with Gasteiger partial charge in [-0.15, -0.1) is 0 Å². The van der Waals surface area contributed by atoms with E-state index in [9.17, 15) is 9.90 Å². The maximum atomic E-state index is 12.0. The predicted molar refractivity (Wildman–Crippen MR) is 78.7 cm³/mol. The average molecular weight is 284 g/mol. The molecule has 1 unspecified atom stereocenters. The van der Waals surface area contributed by atoms with Crippen LogP contribution in [0.15, 0.2) is 18.2 Å². The van der Waals surface area contributed by atoms with Crippen molar-refractivity contribution in [3.63, 3.8) is 0 Å². The molecule has 6 heteroatoms. The molecule has 19 heavy (non-hydrogen) atoms. The normalized spacial score (nSPS) is 13.7. The molecule has 4 N–H and O–H groups in total. The number of hydrogen-bond acceptors (Lipinski definition) is 5. The van der Waals surface area contributed by atoms with Crippen molar-refractivity contribution >= 4 is 23.4 Å². The van der Waals surface area contributed by atoms with Gasteiger partial charge < -0.3 is 20.9 Å². The fraction of sp³-hybridized carbons (Fsp3) is 0.462. The molecule has 1 aromatic carbocycles. The van der Waals surface area contributed by atoms with Crippen molar-refractivity contribution in [3.05, 3.63) is 23.8 Å². The highest BCUT2D eigenvalue weighted by molar-refractivity contribution is 7.98. The Bertz CT molecular complexity index is 450. The van der Waals surface area contributed by atoms with Crippen molar-refractivity contribution in [3.8, 4) is 5.75 Å². The fourth-order valence-electron chi connectivity index (χ4n) is 1.61. The number of amides is 1. The molecule has 0 bridgehead atoms. The van der Waals surface area contributed by atoms with Gasteiger partial charge in [-0.05, 0) is 25.3 Å².